The Balaban J connectivity index is 1.50. The maximum atomic E-state index is 13.0. The monoisotopic (exact) mass is 389 g/mol. The Morgan fingerprint density at radius 2 is 1.66 bits per heavy atom. The van der Waals surface area contributed by atoms with Crippen molar-refractivity contribution in [2.24, 2.45) is 0 Å². The molecule has 1 fully saturated rings. The van der Waals surface area contributed by atoms with Crippen LogP contribution in [0.2, 0.25) is 0 Å². The van der Waals surface area contributed by atoms with Crippen molar-refractivity contribution < 1.29 is 14.3 Å². The fourth-order valence-electron chi connectivity index (χ4n) is 3.77. The SMILES string of the molecule is COc1ccccc1NC(=O)N1CCCC1C(=O)Nc1cccc2ccccc12. The van der Waals surface area contributed by atoms with Gasteiger partial charge in [0.25, 0.3) is 0 Å². The van der Waals surface area contributed by atoms with E-state index in [2.05, 4.69) is 10.6 Å². The number of carbonyl (C=O) groups is 2. The Morgan fingerprint density at radius 1 is 0.931 bits per heavy atom. The fourth-order valence-corrected chi connectivity index (χ4v) is 3.77. The highest BCUT2D eigenvalue weighted by Crippen LogP contribution is 2.27. The smallest absolute Gasteiger partial charge is 0.322 e. The van der Waals surface area contributed by atoms with Gasteiger partial charge in [0.1, 0.15) is 11.8 Å². The lowest BCUT2D eigenvalue weighted by Crippen LogP contribution is -2.45. The van der Waals surface area contributed by atoms with Crippen LogP contribution in [0.3, 0.4) is 0 Å². The zero-order chi connectivity index (χ0) is 20.2. The number of hydrogen-bond acceptors (Lipinski definition) is 3. The van der Waals surface area contributed by atoms with Gasteiger partial charge in [-0.1, -0.05) is 48.5 Å². The summed E-state index contributed by atoms with van der Waals surface area (Å²) in [5.74, 6) is 0.408. The summed E-state index contributed by atoms with van der Waals surface area (Å²) < 4.78 is 5.29. The first-order valence-corrected chi connectivity index (χ1v) is 9.66. The minimum Gasteiger partial charge on any atom is -0.495 e. The zero-order valence-corrected chi connectivity index (χ0v) is 16.2. The second-order valence-corrected chi connectivity index (χ2v) is 7.00. The quantitative estimate of drug-likeness (QED) is 0.691. The van der Waals surface area contributed by atoms with Crippen molar-refractivity contribution in [3.05, 3.63) is 66.7 Å². The van der Waals surface area contributed by atoms with E-state index in [0.717, 1.165) is 22.9 Å². The fraction of sp³-hybridized carbons (Fsp3) is 0.217. The number of likely N-dealkylation sites (tertiary alicyclic amines) is 1. The Morgan fingerprint density at radius 3 is 2.52 bits per heavy atom. The Labute approximate surface area is 169 Å². The molecule has 1 heterocycles. The highest BCUT2D eigenvalue weighted by atomic mass is 16.5. The van der Waals surface area contributed by atoms with E-state index in [0.29, 0.717) is 24.4 Å². The van der Waals surface area contributed by atoms with Gasteiger partial charge in [0.2, 0.25) is 5.91 Å². The number of anilines is 2. The van der Waals surface area contributed by atoms with Gasteiger partial charge in [-0.2, -0.15) is 0 Å². The van der Waals surface area contributed by atoms with Crippen LogP contribution >= 0.6 is 0 Å². The lowest BCUT2D eigenvalue weighted by atomic mass is 10.1. The summed E-state index contributed by atoms with van der Waals surface area (Å²) in [5, 5.41) is 7.91. The summed E-state index contributed by atoms with van der Waals surface area (Å²) >= 11 is 0. The topological polar surface area (TPSA) is 70.7 Å². The van der Waals surface area contributed by atoms with Gasteiger partial charge in [-0.3, -0.25) is 4.79 Å². The predicted molar refractivity (Wildman–Crippen MR) is 114 cm³/mol. The number of rotatable bonds is 4. The lowest BCUT2D eigenvalue weighted by Gasteiger charge is -2.25. The van der Waals surface area contributed by atoms with Crippen molar-refractivity contribution in [1.29, 1.82) is 0 Å². The molecule has 4 rings (SSSR count). The third-order valence-corrected chi connectivity index (χ3v) is 5.21. The summed E-state index contributed by atoms with van der Waals surface area (Å²) in [4.78, 5) is 27.4. The summed E-state index contributed by atoms with van der Waals surface area (Å²) in [5.41, 5.74) is 1.34. The molecule has 6 heteroatoms. The molecule has 148 valence electrons. The number of ether oxygens (including phenoxy) is 1. The van der Waals surface area contributed by atoms with Gasteiger partial charge < -0.3 is 20.3 Å². The number of amides is 3. The van der Waals surface area contributed by atoms with Crippen LogP contribution < -0.4 is 15.4 Å². The van der Waals surface area contributed by atoms with Gasteiger partial charge in [-0.25, -0.2) is 4.79 Å². The van der Waals surface area contributed by atoms with Gasteiger partial charge >= 0.3 is 6.03 Å². The van der Waals surface area contributed by atoms with Crippen LogP contribution in [0.4, 0.5) is 16.2 Å². The maximum Gasteiger partial charge on any atom is 0.322 e. The van der Waals surface area contributed by atoms with Gasteiger partial charge in [0.15, 0.2) is 0 Å². The van der Waals surface area contributed by atoms with Crippen LogP contribution in [0.15, 0.2) is 66.7 Å². The number of nitrogens with one attached hydrogen (secondary N) is 2. The van der Waals surface area contributed by atoms with Gasteiger partial charge in [-0.05, 0) is 36.4 Å². The molecule has 1 aliphatic heterocycles. The third-order valence-electron chi connectivity index (χ3n) is 5.21. The Bertz CT molecular complexity index is 1040. The number of methoxy groups -OCH3 is 1. The highest BCUT2D eigenvalue weighted by molar-refractivity contribution is 6.05. The summed E-state index contributed by atoms with van der Waals surface area (Å²) in [7, 11) is 1.56. The van der Waals surface area contributed by atoms with Crippen molar-refractivity contribution in [2.75, 3.05) is 24.3 Å². The molecule has 0 aromatic heterocycles. The van der Waals surface area contributed by atoms with Crippen LogP contribution in [-0.4, -0.2) is 36.5 Å². The van der Waals surface area contributed by atoms with Crippen LogP contribution in [0, 0.1) is 0 Å². The molecular weight excluding hydrogens is 366 g/mol. The molecular formula is C23H23N3O3. The van der Waals surface area contributed by atoms with E-state index < -0.39 is 6.04 Å². The normalized spacial score (nSPS) is 15.9. The van der Waals surface area contributed by atoms with E-state index in [1.165, 1.54) is 0 Å². The van der Waals surface area contributed by atoms with Crippen LogP contribution in [0.1, 0.15) is 12.8 Å². The number of nitrogens with zero attached hydrogens (tertiary/aromatic N) is 1. The molecule has 0 radical (unpaired) electrons. The van der Waals surface area contributed by atoms with Crippen molar-refractivity contribution in [3.63, 3.8) is 0 Å². The highest BCUT2D eigenvalue weighted by Gasteiger charge is 2.34. The second-order valence-electron chi connectivity index (χ2n) is 7.00. The largest absolute Gasteiger partial charge is 0.495 e. The Kier molecular flexibility index (Phi) is 5.33. The van der Waals surface area contributed by atoms with E-state index in [1.54, 1.807) is 24.1 Å². The molecule has 29 heavy (non-hydrogen) atoms. The average molecular weight is 389 g/mol. The first-order valence-electron chi connectivity index (χ1n) is 9.66. The number of fused-ring (bicyclic) bond motifs is 1. The Hall–Kier alpha value is -3.54. The predicted octanol–water partition coefficient (Wildman–Crippen LogP) is 4.48. The molecule has 0 spiro atoms. The molecule has 3 amide bonds. The molecule has 6 nitrogen and oxygen atoms in total. The zero-order valence-electron chi connectivity index (χ0n) is 16.2. The molecule has 2 N–H and O–H groups in total. The van der Waals surface area contributed by atoms with E-state index >= 15 is 0 Å². The van der Waals surface area contributed by atoms with Crippen molar-refractivity contribution in [1.82, 2.24) is 4.90 Å². The van der Waals surface area contributed by atoms with Crippen molar-refractivity contribution in [2.45, 2.75) is 18.9 Å². The third kappa shape index (κ3) is 3.87. The lowest BCUT2D eigenvalue weighted by molar-refractivity contribution is -0.119. The van der Waals surface area contributed by atoms with E-state index in [-0.39, 0.29) is 11.9 Å². The summed E-state index contributed by atoms with van der Waals surface area (Å²) in [6.45, 7) is 0.536. The molecule has 0 bridgehead atoms. The van der Waals surface area contributed by atoms with E-state index in [4.69, 9.17) is 4.74 Å². The first kappa shape index (κ1) is 18.8. The molecule has 0 aliphatic carbocycles. The summed E-state index contributed by atoms with van der Waals surface area (Å²) in [6, 6.07) is 20.1. The molecule has 0 saturated carbocycles. The average Bonchev–Trinajstić information content (AvgIpc) is 3.25. The van der Waals surface area contributed by atoms with Crippen LogP contribution in [-0.2, 0) is 4.79 Å². The number of para-hydroxylation sites is 2. The number of hydrogen-bond donors (Lipinski definition) is 2. The first-order chi connectivity index (χ1) is 14.2. The van der Waals surface area contributed by atoms with E-state index in [9.17, 15) is 9.59 Å². The second kappa shape index (κ2) is 8.22. The van der Waals surface area contributed by atoms with Crippen LogP contribution in [0.25, 0.3) is 10.8 Å². The number of benzene rings is 3. The van der Waals surface area contributed by atoms with Crippen molar-refractivity contribution in [3.8, 4) is 5.75 Å². The van der Waals surface area contributed by atoms with Gasteiger partial charge in [0.05, 0.1) is 12.8 Å². The molecule has 3 aromatic carbocycles. The van der Waals surface area contributed by atoms with Gasteiger partial charge in [-0.15, -0.1) is 0 Å². The minimum absolute atomic E-state index is 0.172. The molecule has 1 saturated heterocycles. The standard InChI is InChI=1S/C23H23N3O3/c1-29-21-14-5-4-11-19(21)25-23(28)26-15-7-13-20(26)22(27)24-18-12-6-9-16-8-2-3-10-17(16)18/h2-6,8-12,14,20H,7,13,15H2,1H3,(H,24,27)(H,25,28). The van der Waals surface area contributed by atoms with Crippen LogP contribution in [0.5, 0.6) is 5.75 Å². The van der Waals surface area contributed by atoms with Crippen molar-refractivity contribution >= 4 is 34.1 Å². The van der Waals surface area contributed by atoms with E-state index in [1.807, 2.05) is 54.6 Å². The van der Waals surface area contributed by atoms with Gasteiger partial charge in [0, 0.05) is 17.6 Å². The maximum absolute atomic E-state index is 13.0. The molecule has 3 aromatic rings. The molecule has 1 aliphatic rings. The molecule has 1 unspecified atom stereocenters. The number of carbonyl (C=O) groups excluding carboxylic acids is 2. The number of urea groups is 1. The molecule has 1 atom stereocenters. The minimum atomic E-state index is -0.510. The summed E-state index contributed by atoms with van der Waals surface area (Å²) in [6.07, 6.45) is 1.42.